The van der Waals surface area contributed by atoms with E-state index < -0.39 is 6.10 Å². The number of nitrogens with one attached hydrogen (secondary N) is 1. The Morgan fingerprint density at radius 2 is 1.86 bits per heavy atom. The van der Waals surface area contributed by atoms with Gasteiger partial charge in [0.2, 0.25) is 0 Å². The highest BCUT2D eigenvalue weighted by atomic mass is 16.5. The lowest BCUT2D eigenvalue weighted by Crippen LogP contribution is -2.47. The fraction of sp³-hybridized carbons (Fsp3) is 0.588. The van der Waals surface area contributed by atoms with Gasteiger partial charge < -0.3 is 20.1 Å². The first-order valence-electron chi connectivity index (χ1n) is 7.78. The highest BCUT2D eigenvalue weighted by molar-refractivity contribution is 5.75. The molecule has 0 saturated carbocycles. The van der Waals surface area contributed by atoms with Crippen molar-refractivity contribution in [1.82, 2.24) is 10.2 Å². The van der Waals surface area contributed by atoms with Crippen molar-refractivity contribution >= 4 is 6.03 Å². The Hall–Kier alpha value is -1.75. The molecule has 22 heavy (non-hydrogen) atoms. The minimum atomic E-state index is -0.547. The average molecular weight is 308 g/mol. The van der Waals surface area contributed by atoms with Crippen molar-refractivity contribution < 1.29 is 14.6 Å². The predicted octanol–water partition coefficient (Wildman–Crippen LogP) is 2.95. The number of urea groups is 1. The van der Waals surface area contributed by atoms with Gasteiger partial charge in [-0.05, 0) is 44.9 Å². The van der Waals surface area contributed by atoms with Crippen LogP contribution in [0.5, 0.6) is 5.75 Å². The molecule has 0 heterocycles. The van der Waals surface area contributed by atoms with Crippen LogP contribution in [0.1, 0.15) is 45.7 Å². The van der Waals surface area contributed by atoms with Gasteiger partial charge >= 0.3 is 6.03 Å². The second kappa shape index (κ2) is 8.63. The zero-order valence-corrected chi connectivity index (χ0v) is 14.2. The molecule has 1 aromatic rings. The lowest BCUT2D eigenvalue weighted by atomic mass is 10.0. The van der Waals surface area contributed by atoms with Crippen molar-refractivity contribution in [2.24, 2.45) is 0 Å². The van der Waals surface area contributed by atoms with Gasteiger partial charge in [0.15, 0.2) is 0 Å². The van der Waals surface area contributed by atoms with E-state index in [1.807, 2.05) is 45.0 Å². The minimum Gasteiger partial charge on any atom is -0.497 e. The fourth-order valence-corrected chi connectivity index (χ4v) is 2.30. The quantitative estimate of drug-likeness (QED) is 0.814. The van der Waals surface area contributed by atoms with Gasteiger partial charge in [0, 0.05) is 12.6 Å². The number of carbonyl (C=O) groups excluding carboxylic acids is 1. The number of methoxy groups -OCH3 is 1. The first-order valence-corrected chi connectivity index (χ1v) is 7.78. The number of nitrogens with zero attached hydrogens (tertiary/aromatic N) is 1. The molecule has 1 aromatic carbocycles. The Kier molecular flexibility index (Phi) is 7.18. The van der Waals surface area contributed by atoms with Gasteiger partial charge in [-0.2, -0.15) is 0 Å². The van der Waals surface area contributed by atoms with Gasteiger partial charge in [0.1, 0.15) is 5.75 Å². The van der Waals surface area contributed by atoms with E-state index >= 15 is 0 Å². The third kappa shape index (κ3) is 5.22. The van der Waals surface area contributed by atoms with Crippen molar-refractivity contribution in [1.29, 1.82) is 0 Å². The SMILES string of the molecule is CCC(NC(=O)N(CC(C)O)C(C)C)c1ccc(OC)cc1. The second-order valence-electron chi connectivity index (χ2n) is 5.78. The van der Waals surface area contributed by atoms with Crippen LogP contribution in [0.4, 0.5) is 4.79 Å². The Morgan fingerprint density at radius 1 is 1.27 bits per heavy atom. The third-order valence-electron chi connectivity index (χ3n) is 3.57. The van der Waals surface area contributed by atoms with E-state index in [1.54, 1.807) is 18.9 Å². The standard InChI is InChI=1S/C17H28N2O3/c1-6-16(14-7-9-15(22-5)10-8-14)18-17(21)19(12(2)3)11-13(4)20/h7-10,12-13,16,20H,6,11H2,1-5H3,(H,18,21). The predicted molar refractivity (Wildman–Crippen MR) is 88.1 cm³/mol. The van der Waals surface area contributed by atoms with Gasteiger partial charge in [-0.1, -0.05) is 19.1 Å². The highest BCUT2D eigenvalue weighted by Crippen LogP contribution is 2.20. The summed E-state index contributed by atoms with van der Waals surface area (Å²) in [5.74, 6) is 0.794. The van der Waals surface area contributed by atoms with Crippen LogP contribution in [0.3, 0.4) is 0 Å². The maximum atomic E-state index is 12.5. The van der Waals surface area contributed by atoms with Gasteiger partial charge in [-0.25, -0.2) is 4.79 Å². The molecule has 2 amide bonds. The fourth-order valence-electron chi connectivity index (χ4n) is 2.30. The molecule has 0 aliphatic heterocycles. The number of aliphatic hydroxyl groups is 1. The van der Waals surface area contributed by atoms with Crippen LogP contribution in [0.2, 0.25) is 0 Å². The minimum absolute atomic E-state index is 0.0305. The Bertz CT molecular complexity index is 457. The molecule has 0 radical (unpaired) electrons. The van der Waals surface area contributed by atoms with Gasteiger partial charge in [-0.15, -0.1) is 0 Å². The molecule has 0 aliphatic rings. The molecule has 0 spiro atoms. The molecule has 1 rings (SSSR count). The molecule has 5 nitrogen and oxygen atoms in total. The molecule has 2 N–H and O–H groups in total. The third-order valence-corrected chi connectivity index (χ3v) is 3.57. The summed E-state index contributed by atoms with van der Waals surface area (Å²) in [5.41, 5.74) is 1.04. The molecule has 2 atom stereocenters. The number of benzene rings is 1. The van der Waals surface area contributed by atoms with E-state index in [4.69, 9.17) is 4.74 Å². The van der Waals surface area contributed by atoms with E-state index in [2.05, 4.69) is 5.32 Å². The first-order chi connectivity index (χ1) is 10.4. The Morgan fingerprint density at radius 3 is 2.27 bits per heavy atom. The van der Waals surface area contributed by atoms with Gasteiger partial charge in [-0.3, -0.25) is 0 Å². The van der Waals surface area contributed by atoms with Crippen LogP contribution >= 0.6 is 0 Å². The van der Waals surface area contributed by atoms with Crippen LogP contribution in [0, 0.1) is 0 Å². The smallest absolute Gasteiger partial charge is 0.318 e. The second-order valence-corrected chi connectivity index (χ2v) is 5.78. The maximum Gasteiger partial charge on any atom is 0.318 e. The van der Waals surface area contributed by atoms with Crippen LogP contribution in [-0.2, 0) is 0 Å². The number of carbonyl (C=O) groups is 1. The molecule has 5 heteroatoms. The molecule has 0 fully saturated rings. The van der Waals surface area contributed by atoms with Crippen LogP contribution in [0.15, 0.2) is 24.3 Å². The summed E-state index contributed by atoms with van der Waals surface area (Å²) in [4.78, 5) is 14.1. The Balaban J connectivity index is 2.80. The van der Waals surface area contributed by atoms with E-state index in [9.17, 15) is 9.90 Å². The normalized spacial score (nSPS) is 13.6. The van der Waals surface area contributed by atoms with Crippen molar-refractivity contribution in [3.05, 3.63) is 29.8 Å². The number of ether oxygens (including phenoxy) is 1. The number of rotatable bonds is 7. The molecule has 124 valence electrons. The van der Waals surface area contributed by atoms with Crippen LogP contribution in [0.25, 0.3) is 0 Å². The molecular weight excluding hydrogens is 280 g/mol. The van der Waals surface area contributed by atoms with Crippen molar-refractivity contribution in [3.63, 3.8) is 0 Å². The summed E-state index contributed by atoms with van der Waals surface area (Å²) in [7, 11) is 1.63. The molecule has 0 bridgehead atoms. The molecule has 0 saturated heterocycles. The first kappa shape index (κ1) is 18.3. The van der Waals surface area contributed by atoms with Crippen LogP contribution in [-0.4, -0.2) is 41.8 Å². The molecular formula is C17H28N2O3. The molecule has 0 aromatic heterocycles. The summed E-state index contributed by atoms with van der Waals surface area (Å²) in [6.45, 7) is 7.92. The van der Waals surface area contributed by atoms with Gasteiger partial charge in [0.05, 0.1) is 19.3 Å². The summed E-state index contributed by atoms with van der Waals surface area (Å²) >= 11 is 0. The summed E-state index contributed by atoms with van der Waals surface area (Å²) < 4.78 is 5.15. The largest absolute Gasteiger partial charge is 0.497 e. The van der Waals surface area contributed by atoms with E-state index in [0.29, 0.717) is 6.54 Å². The summed E-state index contributed by atoms with van der Waals surface area (Å²) in [6, 6.07) is 7.51. The maximum absolute atomic E-state index is 12.5. The number of aliphatic hydroxyl groups excluding tert-OH is 1. The topological polar surface area (TPSA) is 61.8 Å². The summed E-state index contributed by atoms with van der Waals surface area (Å²) in [5, 5.41) is 12.6. The summed E-state index contributed by atoms with van der Waals surface area (Å²) in [6.07, 6.45) is 0.243. The monoisotopic (exact) mass is 308 g/mol. The van der Waals surface area contributed by atoms with Gasteiger partial charge in [0.25, 0.3) is 0 Å². The van der Waals surface area contributed by atoms with Crippen molar-refractivity contribution in [2.45, 2.75) is 52.3 Å². The number of hydrogen-bond acceptors (Lipinski definition) is 3. The average Bonchev–Trinajstić information content (AvgIpc) is 2.49. The Labute approximate surface area is 133 Å². The number of hydrogen-bond donors (Lipinski definition) is 2. The molecule has 2 unspecified atom stereocenters. The lowest BCUT2D eigenvalue weighted by Gasteiger charge is -2.30. The molecule has 0 aliphatic carbocycles. The van der Waals surface area contributed by atoms with E-state index in [-0.39, 0.29) is 18.1 Å². The highest BCUT2D eigenvalue weighted by Gasteiger charge is 2.21. The number of amides is 2. The van der Waals surface area contributed by atoms with E-state index in [0.717, 1.165) is 17.7 Å². The van der Waals surface area contributed by atoms with Crippen molar-refractivity contribution in [2.75, 3.05) is 13.7 Å². The van der Waals surface area contributed by atoms with Crippen molar-refractivity contribution in [3.8, 4) is 5.75 Å². The zero-order chi connectivity index (χ0) is 16.7. The lowest BCUT2D eigenvalue weighted by molar-refractivity contribution is 0.117. The van der Waals surface area contributed by atoms with Crippen LogP contribution < -0.4 is 10.1 Å². The van der Waals surface area contributed by atoms with E-state index in [1.165, 1.54) is 0 Å². The zero-order valence-electron chi connectivity index (χ0n) is 14.2.